The monoisotopic (exact) mass is 280 g/mol. The fourth-order valence-electron chi connectivity index (χ4n) is 4.62. The summed E-state index contributed by atoms with van der Waals surface area (Å²) in [6.45, 7) is 6.11. The number of carbonyl (C=O) groups is 1. The molecule has 1 aliphatic heterocycles. The second-order valence-corrected chi connectivity index (χ2v) is 6.89. The summed E-state index contributed by atoms with van der Waals surface area (Å²) in [6, 6.07) is 0. The fourth-order valence-corrected chi connectivity index (χ4v) is 4.62. The van der Waals surface area contributed by atoms with Crippen molar-refractivity contribution < 1.29 is 19.4 Å². The van der Waals surface area contributed by atoms with E-state index in [1.54, 1.807) is 14.0 Å². The van der Waals surface area contributed by atoms with E-state index < -0.39 is 11.9 Å². The zero-order valence-corrected chi connectivity index (χ0v) is 12.7. The Labute approximate surface area is 120 Å². The third-order valence-electron chi connectivity index (χ3n) is 6.22. The standard InChI is InChI=1S/C16H24O4/c1-9-6-5-7-11-8-16(19-4)12(10(2)14(18)20-16)13(17)15(9,11)3/h9,11,13,17H,5-8H2,1-4H3/t9-,11?,13+,15+,16-/m0/s1. The summed E-state index contributed by atoms with van der Waals surface area (Å²) in [5.74, 6) is -0.622. The first-order valence-corrected chi connectivity index (χ1v) is 7.54. The quantitative estimate of drug-likeness (QED) is 0.749. The molecular formula is C16H24O4. The van der Waals surface area contributed by atoms with Crippen LogP contribution in [0.25, 0.3) is 0 Å². The van der Waals surface area contributed by atoms with Gasteiger partial charge in [-0.05, 0) is 25.2 Å². The Kier molecular flexibility index (Phi) is 3.04. The predicted molar refractivity (Wildman–Crippen MR) is 73.8 cm³/mol. The number of hydrogen-bond acceptors (Lipinski definition) is 4. The number of aliphatic hydroxyl groups is 1. The molecule has 2 fully saturated rings. The number of fused-ring (bicyclic) bond motifs is 2. The molecule has 1 unspecified atom stereocenters. The van der Waals surface area contributed by atoms with E-state index in [-0.39, 0.29) is 11.4 Å². The minimum Gasteiger partial charge on any atom is -0.425 e. The average Bonchev–Trinajstić information content (AvgIpc) is 2.66. The molecule has 1 N–H and O–H groups in total. The number of carbonyl (C=O) groups excluding carboxylic acids is 1. The first kappa shape index (κ1) is 14.1. The maximum Gasteiger partial charge on any atom is 0.336 e. The first-order chi connectivity index (χ1) is 9.36. The van der Waals surface area contributed by atoms with Crippen LogP contribution in [0.15, 0.2) is 11.1 Å². The molecule has 112 valence electrons. The van der Waals surface area contributed by atoms with Crippen LogP contribution in [0.3, 0.4) is 0 Å². The van der Waals surface area contributed by atoms with E-state index in [0.717, 1.165) is 12.8 Å². The van der Waals surface area contributed by atoms with Crippen molar-refractivity contribution in [3.63, 3.8) is 0 Å². The van der Waals surface area contributed by atoms with Crippen molar-refractivity contribution in [3.05, 3.63) is 11.1 Å². The van der Waals surface area contributed by atoms with Gasteiger partial charge in [0.05, 0.1) is 6.10 Å². The van der Waals surface area contributed by atoms with Crippen LogP contribution in [0.5, 0.6) is 0 Å². The van der Waals surface area contributed by atoms with Gasteiger partial charge in [0, 0.05) is 30.1 Å². The summed E-state index contributed by atoms with van der Waals surface area (Å²) in [5.41, 5.74) is 1.000. The van der Waals surface area contributed by atoms with E-state index in [4.69, 9.17) is 9.47 Å². The number of rotatable bonds is 1. The summed E-state index contributed by atoms with van der Waals surface area (Å²) in [4.78, 5) is 12.0. The molecule has 0 amide bonds. The molecule has 2 saturated carbocycles. The number of ether oxygens (including phenoxy) is 2. The number of methoxy groups -OCH3 is 1. The average molecular weight is 280 g/mol. The van der Waals surface area contributed by atoms with E-state index in [0.29, 0.717) is 29.4 Å². The van der Waals surface area contributed by atoms with Crippen molar-refractivity contribution in [2.45, 2.75) is 58.3 Å². The molecule has 2 aliphatic carbocycles. The van der Waals surface area contributed by atoms with Gasteiger partial charge < -0.3 is 14.6 Å². The highest BCUT2D eigenvalue weighted by atomic mass is 16.7. The Morgan fingerprint density at radius 1 is 1.40 bits per heavy atom. The van der Waals surface area contributed by atoms with Gasteiger partial charge in [0.1, 0.15) is 0 Å². The van der Waals surface area contributed by atoms with E-state index in [1.807, 2.05) is 0 Å². The highest BCUT2D eigenvalue weighted by molar-refractivity contribution is 5.92. The predicted octanol–water partition coefficient (Wildman–Crippen LogP) is 2.41. The normalized spacial score (nSPS) is 47.9. The summed E-state index contributed by atoms with van der Waals surface area (Å²) >= 11 is 0. The zero-order valence-electron chi connectivity index (χ0n) is 12.7. The van der Waals surface area contributed by atoms with E-state index in [1.165, 1.54) is 6.42 Å². The van der Waals surface area contributed by atoms with E-state index in [9.17, 15) is 9.90 Å². The first-order valence-electron chi connectivity index (χ1n) is 7.54. The second-order valence-electron chi connectivity index (χ2n) is 6.89. The van der Waals surface area contributed by atoms with Crippen molar-refractivity contribution in [1.29, 1.82) is 0 Å². The van der Waals surface area contributed by atoms with Crippen LogP contribution >= 0.6 is 0 Å². The molecule has 0 saturated heterocycles. The maximum atomic E-state index is 12.0. The van der Waals surface area contributed by atoms with Crippen molar-refractivity contribution >= 4 is 5.97 Å². The Hall–Kier alpha value is -0.870. The molecule has 4 heteroatoms. The third kappa shape index (κ3) is 1.52. The minimum atomic E-state index is -1.03. The van der Waals surface area contributed by atoms with Crippen molar-refractivity contribution in [2.24, 2.45) is 17.3 Å². The molecule has 1 heterocycles. The summed E-state index contributed by atoms with van der Waals surface area (Å²) < 4.78 is 11.1. The second kappa shape index (κ2) is 4.31. The Bertz CT molecular complexity index is 483. The van der Waals surface area contributed by atoms with Crippen LogP contribution in [-0.4, -0.2) is 30.1 Å². The highest BCUT2D eigenvalue weighted by Crippen LogP contribution is 2.60. The smallest absolute Gasteiger partial charge is 0.336 e. The molecule has 3 rings (SSSR count). The van der Waals surface area contributed by atoms with Crippen LogP contribution in [0.2, 0.25) is 0 Å². The molecule has 20 heavy (non-hydrogen) atoms. The number of hydrogen-bond donors (Lipinski definition) is 1. The third-order valence-corrected chi connectivity index (χ3v) is 6.22. The van der Waals surface area contributed by atoms with Crippen LogP contribution in [0.1, 0.15) is 46.5 Å². The lowest BCUT2D eigenvalue weighted by Crippen LogP contribution is -2.58. The van der Waals surface area contributed by atoms with Gasteiger partial charge >= 0.3 is 5.97 Å². The summed E-state index contributed by atoms with van der Waals surface area (Å²) in [5, 5.41) is 11.0. The van der Waals surface area contributed by atoms with Crippen LogP contribution in [0.4, 0.5) is 0 Å². The molecule has 0 radical (unpaired) electrons. The lowest BCUT2D eigenvalue weighted by molar-refractivity contribution is -0.233. The van der Waals surface area contributed by atoms with Crippen molar-refractivity contribution in [3.8, 4) is 0 Å². The van der Waals surface area contributed by atoms with Crippen LogP contribution < -0.4 is 0 Å². The molecule has 0 aromatic heterocycles. The van der Waals surface area contributed by atoms with E-state index in [2.05, 4.69) is 13.8 Å². The SMILES string of the molecule is CO[C@]12CC3CCC[C@H](C)[C@@]3(C)[C@H](O)C1=C(C)C(=O)O2. The minimum absolute atomic E-state index is 0.190. The Morgan fingerprint density at radius 2 is 2.10 bits per heavy atom. The van der Waals surface area contributed by atoms with Gasteiger partial charge in [-0.25, -0.2) is 4.79 Å². The molecule has 3 aliphatic rings. The lowest BCUT2D eigenvalue weighted by Gasteiger charge is -2.56. The topological polar surface area (TPSA) is 55.8 Å². The fraction of sp³-hybridized carbons (Fsp3) is 0.812. The van der Waals surface area contributed by atoms with Gasteiger partial charge in [-0.2, -0.15) is 0 Å². The van der Waals surface area contributed by atoms with Crippen molar-refractivity contribution in [2.75, 3.05) is 7.11 Å². The molecule has 0 spiro atoms. The molecule has 0 bridgehead atoms. The summed E-state index contributed by atoms with van der Waals surface area (Å²) in [7, 11) is 1.56. The van der Waals surface area contributed by atoms with Gasteiger partial charge in [0.25, 0.3) is 0 Å². The molecule has 0 aromatic rings. The van der Waals surface area contributed by atoms with Gasteiger partial charge in [-0.1, -0.05) is 26.7 Å². The van der Waals surface area contributed by atoms with Gasteiger partial charge in [-0.15, -0.1) is 0 Å². The largest absolute Gasteiger partial charge is 0.425 e. The highest BCUT2D eigenvalue weighted by Gasteiger charge is 2.63. The van der Waals surface area contributed by atoms with Gasteiger partial charge in [0.2, 0.25) is 5.79 Å². The number of aliphatic hydroxyl groups excluding tert-OH is 1. The Balaban J connectivity index is 2.12. The molecule has 4 nitrogen and oxygen atoms in total. The van der Waals surface area contributed by atoms with Crippen molar-refractivity contribution in [1.82, 2.24) is 0 Å². The van der Waals surface area contributed by atoms with Gasteiger partial charge in [-0.3, -0.25) is 0 Å². The molecule has 0 aromatic carbocycles. The maximum absolute atomic E-state index is 12.0. The Morgan fingerprint density at radius 3 is 2.75 bits per heavy atom. The lowest BCUT2D eigenvalue weighted by atomic mass is 9.52. The number of esters is 1. The van der Waals surface area contributed by atoms with Crippen LogP contribution in [0, 0.1) is 17.3 Å². The zero-order chi connectivity index (χ0) is 14.7. The summed E-state index contributed by atoms with van der Waals surface area (Å²) in [6.07, 6.45) is 3.36. The molecule has 5 atom stereocenters. The molecular weight excluding hydrogens is 256 g/mol. The van der Waals surface area contributed by atoms with E-state index >= 15 is 0 Å². The van der Waals surface area contributed by atoms with Gasteiger partial charge in [0.15, 0.2) is 0 Å². The van der Waals surface area contributed by atoms with Crippen LogP contribution in [-0.2, 0) is 14.3 Å².